The Bertz CT molecular complexity index is 1510. The van der Waals surface area contributed by atoms with Crippen LogP contribution in [0.4, 0.5) is 0 Å². The lowest BCUT2D eigenvalue weighted by molar-refractivity contribution is 0.745. The van der Waals surface area contributed by atoms with Crippen molar-refractivity contribution in [2.75, 3.05) is 0 Å². The summed E-state index contributed by atoms with van der Waals surface area (Å²) in [5.74, 6) is 0. The van der Waals surface area contributed by atoms with Gasteiger partial charge in [-0.15, -0.1) is 5.10 Å². The normalized spacial score (nSPS) is 11.4. The van der Waals surface area contributed by atoms with Crippen LogP contribution in [0.2, 0.25) is 0 Å². The van der Waals surface area contributed by atoms with Gasteiger partial charge in [0.25, 0.3) is 0 Å². The van der Waals surface area contributed by atoms with Gasteiger partial charge in [-0.3, -0.25) is 0 Å². The maximum Gasteiger partial charge on any atom is 0.143 e. The lowest BCUT2D eigenvalue weighted by atomic mass is 9.63. The van der Waals surface area contributed by atoms with Crippen molar-refractivity contribution in [2.24, 2.45) is 0 Å². The highest BCUT2D eigenvalue weighted by Crippen LogP contribution is 2.49. The van der Waals surface area contributed by atoms with E-state index in [0.29, 0.717) is 0 Å². The first kappa shape index (κ1) is 22.6. The average Bonchev–Trinajstić information content (AvgIpc) is 3.51. The molecule has 0 atom stereocenters. The first-order chi connectivity index (χ1) is 18.3. The van der Waals surface area contributed by atoms with Crippen molar-refractivity contribution in [3.8, 4) is 16.8 Å². The quantitative estimate of drug-likeness (QED) is 0.242. The highest BCUT2D eigenvalue weighted by molar-refractivity contribution is 5.80. The van der Waals surface area contributed by atoms with Crippen molar-refractivity contribution >= 4 is 0 Å². The number of aromatic nitrogens is 4. The zero-order chi connectivity index (χ0) is 25.1. The van der Waals surface area contributed by atoms with E-state index in [1.807, 2.05) is 6.07 Å². The monoisotopic (exact) mass is 478 g/mol. The molecule has 4 nitrogen and oxygen atoms in total. The Morgan fingerprint density at radius 3 is 1.65 bits per heavy atom. The van der Waals surface area contributed by atoms with Crippen molar-refractivity contribution in [3.05, 3.63) is 168 Å². The Hall–Kier alpha value is -4.83. The Kier molecular flexibility index (Phi) is 5.91. The second-order valence-electron chi connectivity index (χ2n) is 9.17. The molecule has 178 valence electrons. The number of hydrogen-bond donors (Lipinski definition) is 0. The molecule has 0 fully saturated rings. The molecule has 37 heavy (non-hydrogen) atoms. The van der Waals surface area contributed by atoms with Crippen molar-refractivity contribution in [3.63, 3.8) is 0 Å². The Morgan fingerprint density at radius 1 is 0.568 bits per heavy atom. The van der Waals surface area contributed by atoms with Crippen molar-refractivity contribution < 1.29 is 0 Å². The SMILES string of the molecule is Cc1ccc(-c2ccccc2-n2cnnn2)c(C(c2ccccc2)(c2ccccc2)c2ccccc2)c1. The molecular formula is C33H26N4. The summed E-state index contributed by atoms with van der Waals surface area (Å²) in [5.41, 5.74) is 8.60. The molecule has 0 amide bonds. The van der Waals surface area contributed by atoms with Crippen LogP contribution in [0.1, 0.15) is 27.8 Å². The second-order valence-corrected chi connectivity index (χ2v) is 9.17. The highest BCUT2D eigenvalue weighted by atomic mass is 15.5. The van der Waals surface area contributed by atoms with E-state index < -0.39 is 5.41 Å². The largest absolute Gasteiger partial charge is 0.200 e. The average molecular weight is 479 g/mol. The fraction of sp³-hybridized carbons (Fsp3) is 0.0606. The standard InChI is InChI=1S/C33H26N4/c1-25-21-22-29(30-19-11-12-20-32(30)37-24-34-35-36-37)31(23-25)33(26-13-5-2-6-14-26,27-15-7-3-8-16-27)28-17-9-4-10-18-28/h2-24H,1H3. The Balaban J connectivity index is 1.77. The summed E-state index contributed by atoms with van der Waals surface area (Å²) >= 11 is 0. The minimum atomic E-state index is -0.557. The van der Waals surface area contributed by atoms with E-state index in [0.717, 1.165) is 16.8 Å². The highest BCUT2D eigenvalue weighted by Gasteiger charge is 2.40. The van der Waals surface area contributed by atoms with Crippen LogP contribution in [0.3, 0.4) is 0 Å². The first-order valence-electron chi connectivity index (χ1n) is 12.4. The molecule has 0 saturated carbocycles. The van der Waals surface area contributed by atoms with Crippen LogP contribution < -0.4 is 0 Å². The molecule has 0 radical (unpaired) electrons. The van der Waals surface area contributed by atoms with Crippen LogP contribution >= 0.6 is 0 Å². The van der Waals surface area contributed by atoms with Crippen molar-refractivity contribution in [2.45, 2.75) is 12.3 Å². The summed E-state index contributed by atoms with van der Waals surface area (Å²) in [6.07, 6.45) is 1.64. The maximum absolute atomic E-state index is 4.21. The van der Waals surface area contributed by atoms with E-state index >= 15 is 0 Å². The van der Waals surface area contributed by atoms with Gasteiger partial charge in [0, 0.05) is 5.56 Å². The third-order valence-corrected chi connectivity index (χ3v) is 6.99. The van der Waals surface area contributed by atoms with Crippen LogP contribution in [0.5, 0.6) is 0 Å². The Labute approximate surface area is 216 Å². The molecule has 0 spiro atoms. The van der Waals surface area contributed by atoms with E-state index in [4.69, 9.17) is 0 Å². The molecule has 0 aliphatic carbocycles. The third kappa shape index (κ3) is 3.93. The van der Waals surface area contributed by atoms with Gasteiger partial charge in [0.1, 0.15) is 6.33 Å². The molecule has 1 aromatic heterocycles. The number of nitrogens with zero attached hydrogens (tertiary/aromatic N) is 4. The molecule has 6 aromatic rings. The summed E-state index contributed by atoms with van der Waals surface area (Å²) in [7, 11) is 0. The lowest BCUT2D eigenvalue weighted by Crippen LogP contribution is -2.32. The molecule has 4 heteroatoms. The van der Waals surface area contributed by atoms with Gasteiger partial charge in [-0.25, -0.2) is 0 Å². The number of tetrazole rings is 1. The number of benzene rings is 5. The molecule has 0 N–H and O–H groups in total. The second kappa shape index (κ2) is 9.67. The van der Waals surface area contributed by atoms with E-state index in [9.17, 15) is 0 Å². The first-order valence-corrected chi connectivity index (χ1v) is 12.4. The van der Waals surface area contributed by atoms with Gasteiger partial charge in [-0.05, 0) is 51.2 Å². The molecule has 5 aromatic carbocycles. The Morgan fingerprint density at radius 2 is 1.11 bits per heavy atom. The summed E-state index contributed by atoms with van der Waals surface area (Å²) in [6.45, 7) is 2.16. The number of para-hydroxylation sites is 1. The zero-order valence-corrected chi connectivity index (χ0v) is 20.6. The molecule has 1 heterocycles. The lowest BCUT2D eigenvalue weighted by Gasteiger charge is -2.38. The maximum atomic E-state index is 4.21. The molecular weight excluding hydrogens is 452 g/mol. The van der Waals surface area contributed by atoms with Gasteiger partial charge >= 0.3 is 0 Å². The zero-order valence-electron chi connectivity index (χ0n) is 20.6. The van der Waals surface area contributed by atoms with Gasteiger partial charge in [0.2, 0.25) is 0 Å². The van der Waals surface area contributed by atoms with Crippen LogP contribution in [0.25, 0.3) is 16.8 Å². The molecule has 0 aliphatic heterocycles. The summed E-state index contributed by atoms with van der Waals surface area (Å²) in [5, 5.41) is 12.0. The minimum absolute atomic E-state index is 0.557. The van der Waals surface area contributed by atoms with Crippen molar-refractivity contribution in [1.82, 2.24) is 20.2 Å². The molecule has 0 aliphatic rings. The molecule has 0 bridgehead atoms. The third-order valence-electron chi connectivity index (χ3n) is 6.99. The van der Waals surface area contributed by atoms with Crippen LogP contribution in [0.15, 0.2) is 140 Å². The molecule has 0 unspecified atom stereocenters. The van der Waals surface area contributed by atoms with Gasteiger partial charge in [0.05, 0.1) is 11.1 Å². The van der Waals surface area contributed by atoms with Crippen LogP contribution in [0, 0.1) is 6.92 Å². The van der Waals surface area contributed by atoms with E-state index in [2.05, 4.69) is 150 Å². The van der Waals surface area contributed by atoms with Crippen LogP contribution in [-0.2, 0) is 5.41 Å². The predicted molar refractivity (Wildman–Crippen MR) is 148 cm³/mol. The molecule has 6 rings (SSSR count). The van der Waals surface area contributed by atoms with E-state index in [-0.39, 0.29) is 0 Å². The fourth-order valence-electron chi connectivity index (χ4n) is 5.41. The number of aryl methyl sites for hydroxylation is 1. The number of rotatable bonds is 6. The van der Waals surface area contributed by atoms with Gasteiger partial charge < -0.3 is 0 Å². The molecule has 0 saturated heterocycles. The van der Waals surface area contributed by atoms with E-state index in [1.54, 1.807) is 11.0 Å². The van der Waals surface area contributed by atoms with Gasteiger partial charge in [0.15, 0.2) is 0 Å². The van der Waals surface area contributed by atoms with Crippen LogP contribution in [-0.4, -0.2) is 20.2 Å². The smallest absolute Gasteiger partial charge is 0.143 e. The van der Waals surface area contributed by atoms with Gasteiger partial charge in [-0.1, -0.05) is 133 Å². The fourth-order valence-corrected chi connectivity index (χ4v) is 5.41. The summed E-state index contributed by atoms with van der Waals surface area (Å²) < 4.78 is 1.73. The van der Waals surface area contributed by atoms with Crippen molar-refractivity contribution in [1.29, 1.82) is 0 Å². The van der Waals surface area contributed by atoms with E-state index in [1.165, 1.54) is 27.8 Å². The minimum Gasteiger partial charge on any atom is -0.200 e. The predicted octanol–water partition coefficient (Wildman–Crippen LogP) is 7.02. The summed E-state index contributed by atoms with van der Waals surface area (Å²) in [4.78, 5) is 0. The summed E-state index contributed by atoms with van der Waals surface area (Å²) in [6, 6.07) is 47.4. The van der Waals surface area contributed by atoms with Gasteiger partial charge in [-0.2, -0.15) is 4.68 Å². The topological polar surface area (TPSA) is 43.6 Å². The number of hydrogen-bond acceptors (Lipinski definition) is 3.